The van der Waals surface area contributed by atoms with Gasteiger partial charge in [-0.2, -0.15) is 0 Å². The second kappa shape index (κ2) is 8.43. The van der Waals surface area contributed by atoms with Crippen LogP contribution in [0.5, 0.6) is 0 Å². The van der Waals surface area contributed by atoms with E-state index in [1.54, 1.807) is 41.0 Å². The van der Waals surface area contributed by atoms with Crippen LogP contribution in [0.1, 0.15) is 22.8 Å². The summed E-state index contributed by atoms with van der Waals surface area (Å²) in [5.74, 6) is -1.55. The highest BCUT2D eigenvalue weighted by Gasteiger charge is 2.26. The Bertz CT molecular complexity index is 696. The Morgan fingerprint density at radius 3 is 2.19 bits per heavy atom. The number of carbonyl (C=O) groups is 3. The third-order valence-corrected chi connectivity index (χ3v) is 4.22. The number of amidine groups is 1. The lowest BCUT2D eigenvalue weighted by Gasteiger charge is -2.35. The number of carboxylic acids is 1. The minimum absolute atomic E-state index is 0.0371. The molecule has 2 amide bonds. The fraction of sp³-hybridized carbons (Fsp3) is 0.412. The Kier molecular flexibility index (Phi) is 6.29. The largest absolute Gasteiger partial charge is 0.480 e. The molecule has 140 valence electrons. The molecule has 1 saturated heterocycles. The van der Waals surface area contributed by atoms with E-state index in [-0.39, 0.29) is 24.2 Å². The van der Waals surface area contributed by atoms with E-state index in [1.165, 1.54) is 0 Å². The van der Waals surface area contributed by atoms with E-state index in [0.29, 0.717) is 37.3 Å². The standard InChI is InChI=1S/C17H23N5O4/c1-11(17(26)22-8-6-21(7-9-22)10-14(23)24)20-16(25)13-4-2-12(3-5-13)15(18)19/h2-5,11H,6-10H2,1H3,(H3,18,19)(H,20,25)(H,23,24)/t11-/m0/s1. The van der Waals surface area contributed by atoms with Crippen LogP contribution in [0, 0.1) is 5.41 Å². The molecule has 0 bridgehead atoms. The number of aliphatic carboxylic acids is 1. The van der Waals surface area contributed by atoms with Crippen molar-refractivity contribution in [2.75, 3.05) is 32.7 Å². The van der Waals surface area contributed by atoms with Crippen molar-refractivity contribution < 1.29 is 19.5 Å². The highest BCUT2D eigenvalue weighted by atomic mass is 16.4. The first-order valence-corrected chi connectivity index (χ1v) is 8.26. The Labute approximate surface area is 151 Å². The predicted molar refractivity (Wildman–Crippen MR) is 95.0 cm³/mol. The Morgan fingerprint density at radius 2 is 1.69 bits per heavy atom. The molecule has 1 heterocycles. The lowest BCUT2D eigenvalue weighted by molar-refractivity contribution is -0.139. The normalized spacial score (nSPS) is 16.0. The zero-order valence-corrected chi connectivity index (χ0v) is 14.6. The van der Waals surface area contributed by atoms with Crippen molar-refractivity contribution in [1.82, 2.24) is 15.1 Å². The van der Waals surface area contributed by atoms with E-state index in [1.807, 2.05) is 0 Å². The molecule has 0 saturated carbocycles. The molecule has 1 aromatic rings. The van der Waals surface area contributed by atoms with Crippen LogP contribution in [0.4, 0.5) is 0 Å². The van der Waals surface area contributed by atoms with Crippen molar-refractivity contribution in [3.63, 3.8) is 0 Å². The maximum atomic E-state index is 12.5. The highest BCUT2D eigenvalue weighted by Crippen LogP contribution is 2.07. The first-order valence-electron chi connectivity index (χ1n) is 8.26. The van der Waals surface area contributed by atoms with E-state index in [9.17, 15) is 14.4 Å². The molecular weight excluding hydrogens is 338 g/mol. The number of rotatable bonds is 6. The molecular formula is C17H23N5O4. The first-order chi connectivity index (χ1) is 12.3. The van der Waals surface area contributed by atoms with Gasteiger partial charge >= 0.3 is 5.97 Å². The van der Waals surface area contributed by atoms with Crippen LogP contribution in [0.25, 0.3) is 0 Å². The van der Waals surface area contributed by atoms with Crippen LogP contribution in [0.3, 0.4) is 0 Å². The van der Waals surface area contributed by atoms with Crippen molar-refractivity contribution in [2.24, 2.45) is 5.73 Å². The van der Waals surface area contributed by atoms with Crippen molar-refractivity contribution in [2.45, 2.75) is 13.0 Å². The predicted octanol–water partition coefficient (Wildman–Crippen LogP) is -0.682. The summed E-state index contributed by atoms with van der Waals surface area (Å²) in [5, 5.41) is 18.8. The van der Waals surface area contributed by atoms with Crippen molar-refractivity contribution in [3.05, 3.63) is 35.4 Å². The van der Waals surface area contributed by atoms with Gasteiger partial charge in [0.2, 0.25) is 5.91 Å². The summed E-state index contributed by atoms with van der Waals surface area (Å²) in [7, 11) is 0. The number of nitrogens with two attached hydrogens (primary N) is 1. The molecule has 2 rings (SSSR count). The molecule has 1 aromatic carbocycles. The number of benzene rings is 1. The molecule has 0 radical (unpaired) electrons. The molecule has 9 heteroatoms. The van der Waals surface area contributed by atoms with Crippen LogP contribution < -0.4 is 11.1 Å². The molecule has 9 nitrogen and oxygen atoms in total. The molecule has 5 N–H and O–H groups in total. The van der Waals surface area contributed by atoms with Crippen LogP contribution in [0.2, 0.25) is 0 Å². The fourth-order valence-electron chi connectivity index (χ4n) is 2.73. The fourth-order valence-corrected chi connectivity index (χ4v) is 2.73. The van der Waals surface area contributed by atoms with Gasteiger partial charge in [-0.15, -0.1) is 0 Å². The van der Waals surface area contributed by atoms with Crippen LogP contribution in [-0.2, 0) is 9.59 Å². The summed E-state index contributed by atoms with van der Waals surface area (Å²) in [6, 6.07) is 5.56. The average Bonchev–Trinajstić information content (AvgIpc) is 2.61. The summed E-state index contributed by atoms with van der Waals surface area (Å²) in [5.41, 5.74) is 6.27. The van der Waals surface area contributed by atoms with Crippen molar-refractivity contribution in [1.29, 1.82) is 5.41 Å². The van der Waals surface area contributed by atoms with E-state index < -0.39 is 12.0 Å². The Hall–Kier alpha value is -2.94. The summed E-state index contributed by atoms with van der Waals surface area (Å²) in [6.45, 7) is 3.42. The van der Waals surface area contributed by atoms with E-state index >= 15 is 0 Å². The molecule has 0 spiro atoms. The lowest BCUT2D eigenvalue weighted by atomic mass is 10.1. The molecule has 1 atom stereocenters. The number of carboxylic acid groups (broad SMARTS) is 1. The van der Waals surface area contributed by atoms with Crippen LogP contribution in [-0.4, -0.2) is 77.3 Å². The van der Waals surface area contributed by atoms with Gasteiger partial charge in [0, 0.05) is 37.3 Å². The van der Waals surface area contributed by atoms with E-state index in [0.717, 1.165) is 0 Å². The highest BCUT2D eigenvalue weighted by molar-refractivity contribution is 5.99. The molecule has 0 unspecified atom stereocenters. The Morgan fingerprint density at radius 1 is 1.15 bits per heavy atom. The number of hydrogen-bond donors (Lipinski definition) is 4. The van der Waals surface area contributed by atoms with Gasteiger partial charge in [-0.1, -0.05) is 12.1 Å². The topological polar surface area (TPSA) is 140 Å². The van der Waals surface area contributed by atoms with Crippen LogP contribution in [0.15, 0.2) is 24.3 Å². The smallest absolute Gasteiger partial charge is 0.317 e. The zero-order chi connectivity index (χ0) is 19.3. The van der Waals surface area contributed by atoms with E-state index in [2.05, 4.69) is 5.32 Å². The lowest BCUT2D eigenvalue weighted by Crippen LogP contribution is -2.54. The van der Waals surface area contributed by atoms with Crippen molar-refractivity contribution >= 4 is 23.6 Å². The Balaban J connectivity index is 1.87. The van der Waals surface area contributed by atoms with Gasteiger partial charge in [0.25, 0.3) is 5.91 Å². The minimum atomic E-state index is -0.888. The number of piperazine rings is 1. The summed E-state index contributed by atoms with van der Waals surface area (Å²) < 4.78 is 0. The molecule has 0 aromatic heterocycles. The van der Waals surface area contributed by atoms with Gasteiger partial charge in [-0.25, -0.2) is 0 Å². The molecule has 1 fully saturated rings. The quantitative estimate of drug-likeness (QED) is 0.391. The maximum Gasteiger partial charge on any atom is 0.317 e. The average molecular weight is 361 g/mol. The third-order valence-electron chi connectivity index (χ3n) is 4.22. The molecule has 0 aliphatic carbocycles. The second-order valence-electron chi connectivity index (χ2n) is 6.18. The van der Waals surface area contributed by atoms with Gasteiger partial charge in [-0.3, -0.25) is 24.7 Å². The summed E-state index contributed by atoms with van der Waals surface area (Å²) >= 11 is 0. The monoisotopic (exact) mass is 361 g/mol. The van der Waals surface area contributed by atoms with Gasteiger partial charge in [-0.05, 0) is 19.1 Å². The SMILES string of the molecule is C[C@H](NC(=O)c1ccc(C(=N)N)cc1)C(=O)N1CCN(CC(=O)O)CC1. The van der Waals surface area contributed by atoms with Gasteiger partial charge in [0.15, 0.2) is 0 Å². The van der Waals surface area contributed by atoms with Gasteiger partial charge in [0.05, 0.1) is 6.54 Å². The third kappa shape index (κ3) is 5.03. The number of hydrogen-bond acceptors (Lipinski definition) is 5. The maximum absolute atomic E-state index is 12.5. The van der Waals surface area contributed by atoms with Gasteiger partial charge in [0.1, 0.15) is 11.9 Å². The summed E-state index contributed by atoms with van der Waals surface area (Å²) in [6.07, 6.45) is 0. The number of nitrogen functional groups attached to an aromatic ring is 1. The summed E-state index contributed by atoms with van der Waals surface area (Å²) in [4.78, 5) is 38.8. The molecule has 26 heavy (non-hydrogen) atoms. The number of nitrogens with one attached hydrogen (secondary N) is 2. The van der Waals surface area contributed by atoms with Crippen molar-refractivity contribution in [3.8, 4) is 0 Å². The molecule has 1 aliphatic rings. The molecule has 1 aliphatic heterocycles. The number of nitrogens with zero attached hydrogens (tertiary/aromatic N) is 2. The first kappa shape index (κ1) is 19.4. The van der Waals surface area contributed by atoms with Crippen LogP contribution >= 0.6 is 0 Å². The van der Waals surface area contributed by atoms with E-state index in [4.69, 9.17) is 16.2 Å². The van der Waals surface area contributed by atoms with Gasteiger partial charge < -0.3 is 21.1 Å². The minimum Gasteiger partial charge on any atom is -0.480 e. The second-order valence-corrected chi connectivity index (χ2v) is 6.18. The number of amides is 2. The number of carbonyl (C=O) groups excluding carboxylic acids is 2. The zero-order valence-electron chi connectivity index (χ0n) is 14.6.